The van der Waals surface area contributed by atoms with E-state index < -0.39 is 11.9 Å². The van der Waals surface area contributed by atoms with Crippen molar-refractivity contribution < 1.29 is 39.5 Å². The molecule has 8 heteroatoms. The maximum Gasteiger partial charge on any atom is 0.330 e. The van der Waals surface area contributed by atoms with E-state index in [1.807, 2.05) is 20.8 Å². The zero-order chi connectivity index (χ0) is 24.6. The molecule has 176 valence electrons. The predicted octanol–water partition coefficient (Wildman–Crippen LogP) is 3.98. The van der Waals surface area contributed by atoms with Crippen molar-refractivity contribution in [3.63, 3.8) is 0 Å². The van der Waals surface area contributed by atoms with Crippen LogP contribution in [-0.4, -0.2) is 45.6 Å². The van der Waals surface area contributed by atoms with Crippen LogP contribution in [0.5, 0.6) is 23.0 Å². The molecule has 0 amide bonds. The Morgan fingerprint density at radius 3 is 1.48 bits per heavy atom. The van der Waals surface area contributed by atoms with E-state index in [0.717, 1.165) is 0 Å². The van der Waals surface area contributed by atoms with Crippen LogP contribution in [0, 0.1) is 11.3 Å². The van der Waals surface area contributed by atoms with Gasteiger partial charge in [-0.05, 0) is 53.0 Å². The van der Waals surface area contributed by atoms with Gasteiger partial charge in [-0.2, -0.15) is 0 Å². The summed E-state index contributed by atoms with van der Waals surface area (Å²) in [5.74, 6) is -2.58. The first-order chi connectivity index (χ1) is 15.5. The lowest BCUT2D eigenvalue weighted by molar-refractivity contribution is -0.145. The SMILES string of the molecule is CC(C)(C)C(COC(=O)/C=C/c1ccc(O)c(O)c1)COC(=O)/C=C/c1ccc(O)c(O)c1. The van der Waals surface area contributed by atoms with Gasteiger partial charge in [-0.1, -0.05) is 32.9 Å². The molecule has 0 aliphatic heterocycles. The number of benzene rings is 2. The Hall–Kier alpha value is -3.94. The highest BCUT2D eigenvalue weighted by molar-refractivity contribution is 5.87. The third-order valence-electron chi connectivity index (χ3n) is 4.90. The van der Waals surface area contributed by atoms with Crippen LogP contribution in [0.1, 0.15) is 31.9 Å². The van der Waals surface area contributed by atoms with Crippen molar-refractivity contribution in [3.8, 4) is 23.0 Å². The van der Waals surface area contributed by atoms with Crippen LogP contribution in [-0.2, 0) is 19.1 Å². The molecule has 0 aliphatic carbocycles. The molecule has 0 saturated carbocycles. The smallest absolute Gasteiger partial charge is 0.330 e. The van der Waals surface area contributed by atoms with Crippen LogP contribution in [0.25, 0.3) is 12.2 Å². The van der Waals surface area contributed by atoms with Crippen molar-refractivity contribution >= 4 is 24.1 Å². The Kier molecular flexibility index (Phi) is 8.50. The Balaban J connectivity index is 1.89. The molecule has 0 aliphatic rings. The molecule has 0 radical (unpaired) electrons. The fourth-order valence-corrected chi connectivity index (χ4v) is 2.63. The summed E-state index contributed by atoms with van der Waals surface area (Å²) in [4.78, 5) is 24.1. The van der Waals surface area contributed by atoms with Crippen molar-refractivity contribution in [1.29, 1.82) is 0 Å². The zero-order valence-corrected chi connectivity index (χ0v) is 18.7. The van der Waals surface area contributed by atoms with Gasteiger partial charge in [0, 0.05) is 18.1 Å². The monoisotopic (exact) mass is 456 g/mol. The van der Waals surface area contributed by atoms with Crippen LogP contribution < -0.4 is 0 Å². The predicted molar refractivity (Wildman–Crippen MR) is 122 cm³/mol. The second kappa shape index (κ2) is 11.1. The summed E-state index contributed by atoms with van der Waals surface area (Å²) in [7, 11) is 0. The molecule has 2 aromatic rings. The Labute approximate surface area is 192 Å². The van der Waals surface area contributed by atoms with Crippen molar-refractivity contribution in [2.45, 2.75) is 20.8 Å². The van der Waals surface area contributed by atoms with Crippen LogP contribution in [0.2, 0.25) is 0 Å². The topological polar surface area (TPSA) is 134 Å². The van der Waals surface area contributed by atoms with Crippen LogP contribution in [0.15, 0.2) is 48.6 Å². The molecule has 0 bridgehead atoms. The van der Waals surface area contributed by atoms with E-state index in [-0.39, 0.29) is 47.5 Å². The van der Waals surface area contributed by atoms with Gasteiger partial charge >= 0.3 is 11.9 Å². The largest absolute Gasteiger partial charge is 0.504 e. The molecular formula is C25H28O8. The molecule has 0 saturated heterocycles. The van der Waals surface area contributed by atoms with Gasteiger partial charge < -0.3 is 29.9 Å². The summed E-state index contributed by atoms with van der Waals surface area (Å²) in [5.41, 5.74) is 0.703. The highest BCUT2D eigenvalue weighted by Crippen LogP contribution is 2.28. The van der Waals surface area contributed by atoms with Gasteiger partial charge in [0.25, 0.3) is 0 Å². The van der Waals surface area contributed by atoms with Gasteiger partial charge in [0.05, 0.1) is 13.2 Å². The van der Waals surface area contributed by atoms with Gasteiger partial charge in [-0.25, -0.2) is 9.59 Å². The number of carbonyl (C=O) groups is 2. The first-order valence-corrected chi connectivity index (χ1v) is 10.2. The van der Waals surface area contributed by atoms with Crippen molar-refractivity contribution in [2.24, 2.45) is 11.3 Å². The molecule has 0 spiro atoms. The fraction of sp³-hybridized carbons (Fsp3) is 0.280. The molecule has 2 aromatic carbocycles. The average Bonchev–Trinajstić information content (AvgIpc) is 2.74. The number of ether oxygens (including phenoxy) is 2. The Bertz CT molecular complexity index is 969. The number of aromatic hydroxyl groups is 4. The van der Waals surface area contributed by atoms with Crippen molar-refractivity contribution in [1.82, 2.24) is 0 Å². The first kappa shape index (κ1) is 25.3. The van der Waals surface area contributed by atoms with E-state index in [2.05, 4.69) is 0 Å². The average molecular weight is 456 g/mol. The minimum Gasteiger partial charge on any atom is -0.504 e. The number of hydrogen-bond acceptors (Lipinski definition) is 8. The number of carbonyl (C=O) groups excluding carboxylic acids is 2. The minimum absolute atomic E-state index is 0.0241. The second-order valence-corrected chi connectivity index (χ2v) is 8.49. The summed E-state index contributed by atoms with van der Waals surface area (Å²) in [6.07, 6.45) is 5.29. The number of esters is 2. The van der Waals surface area contributed by atoms with Crippen molar-refractivity contribution in [3.05, 3.63) is 59.7 Å². The maximum absolute atomic E-state index is 12.1. The molecule has 8 nitrogen and oxygen atoms in total. The lowest BCUT2D eigenvalue weighted by atomic mass is 9.82. The summed E-state index contributed by atoms with van der Waals surface area (Å²) in [6.45, 7) is 5.85. The van der Waals surface area contributed by atoms with Gasteiger partial charge in [0.2, 0.25) is 0 Å². The molecule has 0 fully saturated rings. The van der Waals surface area contributed by atoms with Gasteiger partial charge in [0.1, 0.15) is 0 Å². The van der Waals surface area contributed by atoms with E-state index >= 15 is 0 Å². The van der Waals surface area contributed by atoms with Crippen LogP contribution in [0.3, 0.4) is 0 Å². The summed E-state index contributed by atoms with van der Waals surface area (Å²) in [5, 5.41) is 37.6. The standard InChI is InChI=1S/C25H28O8/c1-25(2,3)18(14-32-23(30)10-6-16-4-8-19(26)21(28)12-16)15-33-24(31)11-7-17-5-9-20(27)22(29)13-17/h4-13,18,26-29H,14-15H2,1-3H3/b10-6+,11-7+. The number of phenols is 4. The van der Waals surface area contributed by atoms with Crippen molar-refractivity contribution in [2.75, 3.05) is 13.2 Å². The van der Waals surface area contributed by atoms with Crippen LogP contribution in [0.4, 0.5) is 0 Å². The first-order valence-electron chi connectivity index (χ1n) is 10.2. The molecule has 33 heavy (non-hydrogen) atoms. The summed E-state index contributed by atoms with van der Waals surface area (Å²) >= 11 is 0. The Morgan fingerprint density at radius 1 is 0.758 bits per heavy atom. The van der Waals surface area contributed by atoms with Crippen LogP contribution >= 0.6 is 0 Å². The summed E-state index contributed by atoms with van der Waals surface area (Å²) < 4.78 is 10.6. The normalized spacial score (nSPS) is 11.9. The molecule has 0 unspecified atom stereocenters. The molecule has 0 aromatic heterocycles. The summed E-state index contributed by atoms with van der Waals surface area (Å²) in [6, 6.07) is 8.30. The van der Waals surface area contributed by atoms with Gasteiger partial charge in [-0.3, -0.25) is 0 Å². The molecule has 0 heterocycles. The lowest BCUT2D eigenvalue weighted by Gasteiger charge is -2.29. The lowest BCUT2D eigenvalue weighted by Crippen LogP contribution is -2.31. The third-order valence-corrected chi connectivity index (χ3v) is 4.90. The number of phenolic OH excluding ortho intramolecular Hbond substituents is 4. The van der Waals surface area contributed by atoms with Gasteiger partial charge in [-0.15, -0.1) is 0 Å². The molecule has 2 rings (SSSR count). The second-order valence-electron chi connectivity index (χ2n) is 8.49. The van der Waals surface area contributed by atoms with E-state index in [4.69, 9.17) is 9.47 Å². The van der Waals surface area contributed by atoms with E-state index in [9.17, 15) is 30.0 Å². The van der Waals surface area contributed by atoms with E-state index in [1.165, 1.54) is 60.7 Å². The highest BCUT2D eigenvalue weighted by atomic mass is 16.5. The third kappa shape index (κ3) is 8.25. The number of rotatable bonds is 8. The molecule has 4 N–H and O–H groups in total. The quantitative estimate of drug-likeness (QED) is 0.266. The maximum atomic E-state index is 12.1. The molecular weight excluding hydrogens is 428 g/mol. The molecule has 0 atom stereocenters. The fourth-order valence-electron chi connectivity index (χ4n) is 2.63. The number of hydrogen-bond donors (Lipinski definition) is 4. The highest BCUT2D eigenvalue weighted by Gasteiger charge is 2.27. The minimum atomic E-state index is -0.602. The Morgan fingerprint density at radius 2 is 1.15 bits per heavy atom. The van der Waals surface area contributed by atoms with E-state index in [1.54, 1.807) is 0 Å². The zero-order valence-electron chi connectivity index (χ0n) is 18.7. The van der Waals surface area contributed by atoms with E-state index in [0.29, 0.717) is 11.1 Å². The van der Waals surface area contributed by atoms with Gasteiger partial charge in [0.15, 0.2) is 23.0 Å².